The number of nitrogens with zero attached hydrogens (tertiary/aromatic N) is 2. The Kier molecular flexibility index (Phi) is 5.78. The molecule has 1 aliphatic rings. The normalized spacial score (nSPS) is 13.6. The average molecular weight is 443 g/mol. The molecule has 1 aliphatic heterocycles. The summed E-state index contributed by atoms with van der Waals surface area (Å²) in [5.41, 5.74) is 2.65. The quantitative estimate of drug-likeness (QED) is 0.580. The van der Waals surface area contributed by atoms with E-state index in [1.807, 2.05) is 18.2 Å². The number of rotatable bonds is 6. The minimum atomic E-state index is -3.58. The Labute approximate surface area is 180 Å². The zero-order chi connectivity index (χ0) is 21.1. The van der Waals surface area contributed by atoms with Gasteiger partial charge in [-0.2, -0.15) is 0 Å². The van der Waals surface area contributed by atoms with Gasteiger partial charge < -0.3 is 9.64 Å². The summed E-state index contributed by atoms with van der Waals surface area (Å²) < 4.78 is 32.4. The minimum absolute atomic E-state index is 0.0724. The van der Waals surface area contributed by atoms with Gasteiger partial charge in [-0.3, -0.25) is 9.10 Å². The van der Waals surface area contributed by atoms with Crippen LogP contribution in [0.4, 0.5) is 11.4 Å². The SMILES string of the molecule is CN(c1ccc(OCC(=O)N2CCCc3ccccc32)cc1)S(=O)(=O)c1cccs1. The molecule has 0 bridgehead atoms. The molecular weight excluding hydrogens is 420 g/mol. The van der Waals surface area contributed by atoms with E-state index < -0.39 is 10.0 Å². The molecule has 0 fully saturated rings. The van der Waals surface area contributed by atoms with Crippen molar-refractivity contribution in [2.24, 2.45) is 0 Å². The van der Waals surface area contributed by atoms with Crippen molar-refractivity contribution in [3.63, 3.8) is 0 Å². The van der Waals surface area contributed by atoms with Crippen LogP contribution in [-0.4, -0.2) is 34.5 Å². The molecular formula is C22H22N2O4S2. The fourth-order valence-corrected chi connectivity index (χ4v) is 5.81. The van der Waals surface area contributed by atoms with Gasteiger partial charge in [0.15, 0.2) is 6.61 Å². The van der Waals surface area contributed by atoms with Gasteiger partial charge in [-0.25, -0.2) is 8.42 Å². The number of para-hydroxylation sites is 1. The van der Waals surface area contributed by atoms with Crippen molar-refractivity contribution in [2.75, 3.05) is 29.4 Å². The van der Waals surface area contributed by atoms with Crippen LogP contribution in [0.5, 0.6) is 5.75 Å². The van der Waals surface area contributed by atoms with E-state index in [4.69, 9.17) is 4.74 Å². The van der Waals surface area contributed by atoms with Crippen molar-refractivity contribution in [1.82, 2.24) is 0 Å². The summed E-state index contributed by atoms with van der Waals surface area (Å²) in [5, 5.41) is 1.73. The number of ether oxygens (including phenoxy) is 1. The van der Waals surface area contributed by atoms with E-state index in [0.717, 1.165) is 18.5 Å². The summed E-state index contributed by atoms with van der Waals surface area (Å²) in [5.74, 6) is 0.419. The van der Waals surface area contributed by atoms with Crippen molar-refractivity contribution >= 4 is 38.6 Å². The highest BCUT2D eigenvalue weighted by Crippen LogP contribution is 2.28. The van der Waals surface area contributed by atoms with Gasteiger partial charge in [0, 0.05) is 19.3 Å². The number of aryl methyl sites for hydroxylation is 1. The van der Waals surface area contributed by atoms with Gasteiger partial charge in [0.1, 0.15) is 9.96 Å². The number of anilines is 2. The van der Waals surface area contributed by atoms with Crippen LogP contribution in [-0.2, 0) is 21.2 Å². The highest BCUT2D eigenvalue weighted by atomic mass is 32.2. The molecule has 156 valence electrons. The molecule has 6 nitrogen and oxygen atoms in total. The van der Waals surface area contributed by atoms with E-state index in [1.54, 1.807) is 46.7 Å². The van der Waals surface area contributed by atoms with E-state index >= 15 is 0 Å². The van der Waals surface area contributed by atoms with E-state index in [9.17, 15) is 13.2 Å². The summed E-state index contributed by atoms with van der Waals surface area (Å²) >= 11 is 1.18. The second kappa shape index (κ2) is 8.49. The third-order valence-electron chi connectivity index (χ3n) is 5.08. The maximum absolute atomic E-state index is 12.7. The van der Waals surface area contributed by atoms with Crippen LogP contribution in [0, 0.1) is 0 Å². The Morgan fingerprint density at radius 1 is 1.10 bits per heavy atom. The van der Waals surface area contributed by atoms with Gasteiger partial charge in [-0.15, -0.1) is 11.3 Å². The fraction of sp³-hybridized carbons (Fsp3) is 0.227. The lowest BCUT2D eigenvalue weighted by Crippen LogP contribution is -2.38. The summed E-state index contributed by atoms with van der Waals surface area (Å²) in [6, 6.07) is 17.9. The van der Waals surface area contributed by atoms with E-state index in [-0.39, 0.29) is 16.7 Å². The first-order chi connectivity index (χ1) is 14.5. The molecule has 30 heavy (non-hydrogen) atoms. The number of thiophene rings is 1. The maximum Gasteiger partial charge on any atom is 0.273 e. The Bertz CT molecular complexity index is 1130. The fourth-order valence-electron chi connectivity index (χ4n) is 3.45. The Morgan fingerprint density at radius 2 is 1.87 bits per heavy atom. The van der Waals surface area contributed by atoms with Gasteiger partial charge in [-0.05, 0) is 60.2 Å². The third kappa shape index (κ3) is 4.06. The number of hydrogen-bond donors (Lipinski definition) is 0. The molecule has 2 heterocycles. The lowest BCUT2D eigenvalue weighted by atomic mass is 10.0. The third-order valence-corrected chi connectivity index (χ3v) is 8.24. The van der Waals surface area contributed by atoms with Crippen LogP contribution in [0.3, 0.4) is 0 Å². The molecule has 0 spiro atoms. The summed E-state index contributed by atoms with van der Waals surface area (Å²) in [7, 11) is -2.06. The molecule has 1 amide bonds. The van der Waals surface area contributed by atoms with Gasteiger partial charge in [-0.1, -0.05) is 24.3 Å². The van der Waals surface area contributed by atoms with Crippen LogP contribution >= 0.6 is 11.3 Å². The van der Waals surface area contributed by atoms with Crippen molar-refractivity contribution in [3.05, 3.63) is 71.6 Å². The number of carbonyl (C=O) groups excluding carboxylic acids is 1. The monoisotopic (exact) mass is 442 g/mol. The van der Waals surface area contributed by atoms with Crippen LogP contribution < -0.4 is 13.9 Å². The van der Waals surface area contributed by atoms with E-state index in [0.29, 0.717) is 18.0 Å². The molecule has 1 aromatic heterocycles. The number of fused-ring (bicyclic) bond motifs is 1. The number of benzene rings is 2. The predicted molar refractivity (Wildman–Crippen MR) is 119 cm³/mol. The lowest BCUT2D eigenvalue weighted by molar-refractivity contribution is -0.120. The largest absolute Gasteiger partial charge is 0.484 e. The predicted octanol–water partition coefficient (Wildman–Crippen LogP) is 3.93. The van der Waals surface area contributed by atoms with Gasteiger partial charge >= 0.3 is 0 Å². The van der Waals surface area contributed by atoms with E-state index in [1.165, 1.54) is 28.3 Å². The average Bonchev–Trinajstić information content (AvgIpc) is 3.33. The summed E-state index contributed by atoms with van der Waals surface area (Å²) in [6.07, 6.45) is 1.91. The molecule has 4 rings (SSSR count). The number of hydrogen-bond acceptors (Lipinski definition) is 5. The van der Waals surface area contributed by atoms with E-state index in [2.05, 4.69) is 6.07 Å². The maximum atomic E-state index is 12.7. The molecule has 2 aromatic carbocycles. The number of carbonyl (C=O) groups is 1. The molecule has 8 heteroatoms. The molecule has 0 aliphatic carbocycles. The summed E-state index contributed by atoms with van der Waals surface area (Å²) in [6.45, 7) is 0.612. The van der Waals surface area contributed by atoms with Crippen molar-refractivity contribution in [3.8, 4) is 5.75 Å². The van der Waals surface area contributed by atoms with Crippen molar-refractivity contribution < 1.29 is 17.9 Å². The highest BCUT2D eigenvalue weighted by molar-refractivity contribution is 7.94. The molecule has 3 aromatic rings. The second-order valence-electron chi connectivity index (χ2n) is 6.96. The molecule has 0 saturated heterocycles. The van der Waals surface area contributed by atoms with Crippen LogP contribution in [0.25, 0.3) is 0 Å². The molecule has 0 saturated carbocycles. The van der Waals surface area contributed by atoms with Crippen LogP contribution in [0.15, 0.2) is 70.3 Å². The van der Waals surface area contributed by atoms with Crippen molar-refractivity contribution in [2.45, 2.75) is 17.1 Å². The second-order valence-corrected chi connectivity index (χ2v) is 10.1. The molecule has 0 unspecified atom stereocenters. The lowest BCUT2D eigenvalue weighted by Gasteiger charge is -2.29. The number of sulfonamides is 1. The molecule has 0 radical (unpaired) electrons. The Hall–Kier alpha value is -2.84. The zero-order valence-corrected chi connectivity index (χ0v) is 18.2. The molecule has 0 atom stereocenters. The minimum Gasteiger partial charge on any atom is -0.484 e. The van der Waals surface area contributed by atoms with Crippen LogP contribution in [0.2, 0.25) is 0 Å². The van der Waals surface area contributed by atoms with Gasteiger partial charge in [0.05, 0.1) is 5.69 Å². The zero-order valence-electron chi connectivity index (χ0n) is 16.5. The first kappa shape index (κ1) is 20.4. The first-order valence-corrected chi connectivity index (χ1v) is 11.9. The number of amides is 1. The van der Waals surface area contributed by atoms with Gasteiger partial charge in [0.2, 0.25) is 0 Å². The van der Waals surface area contributed by atoms with Crippen molar-refractivity contribution in [1.29, 1.82) is 0 Å². The van der Waals surface area contributed by atoms with Gasteiger partial charge in [0.25, 0.3) is 15.9 Å². The highest BCUT2D eigenvalue weighted by Gasteiger charge is 2.23. The summed E-state index contributed by atoms with van der Waals surface area (Å²) in [4.78, 5) is 14.5. The smallest absolute Gasteiger partial charge is 0.273 e. The standard InChI is InChI=1S/C22H22N2O4S2/c1-23(30(26,27)22-9-5-15-29-22)18-10-12-19(13-11-18)28-16-21(25)24-14-4-7-17-6-2-3-8-20(17)24/h2-3,5-6,8-13,15H,4,7,14,16H2,1H3. The topological polar surface area (TPSA) is 66.9 Å². The Balaban J connectivity index is 1.41. The van der Waals surface area contributed by atoms with Crippen LogP contribution in [0.1, 0.15) is 12.0 Å². The first-order valence-electron chi connectivity index (χ1n) is 9.60. The Morgan fingerprint density at radius 3 is 2.60 bits per heavy atom. The molecule has 0 N–H and O–H groups in total.